The highest BCUT2D eigenvalue weighted by Crippen LogP contribution is 2.53. The SMILES string of the molecule is CC1CCC2C(C)CCCC2(C)C1. The third-order valence-corrected chi connectivity index (χ3v) is 4.77. The molecule has 0 heteroatoms. The Morgan fingerprint density at radius 3 is 2.62 bits per heavy atom. The van der Waals surface area contributed by atoms with Crippen LogP contribution in [0, 0.1) is 23.2 Å². The van der Waals surface area contributed by atoms with Gasteiger partial charge in [0, 0.05) is 0 Å². The summed E-state index contributed by atoms with van der Waals surface area (Å²) in [5, 5.41) is 0. The van der Waals surface area contributed by atoms with E-state index in [1.54, 1.807) is 0 Å². The molecule has 2 aliphatic carbocycles. The summed E-state index contributed by atoms with van der Waals surface area (Å²) >= 11 is 0. The average molecular weight is 180 g/mol. The van der Waals surface area contributed by atoms with Crippen molar-refractivity contribution in [3.05, 3.63) is 0 Å². The summed E-state index contributed by atoms with van der Waals surface area (Å²) in [6.45, 7) is 7.49. The lowest BCUT2D eigenvalue weighted by atomic mass is 9.55. The third kappa shape index (κ3) is 1.65. The molecular formula is C13H24. The van der Waals surface area contributed by atoms with Gasteiger partial charge in [-0.05, 0) is 42.4 Å². The van der Waals surface area contributed by atoms with Crippen molar-refractivity contribution in [2.45, 2.75) is 59.3 Å². The van der Waals surface area contributed by atoms with E-state index in [9.17, 15) is 0 Å². The largest absolute Gasteiger partial charge is 0.0625 e. The van der Waals surface area contributed by atoms with Crippen molar-refractivity contribution in [2.75, 3.05) is 0 Å². The van der Waals surface area contributed by atoms with Gasteiger partial charge in [-0.3, -0.25) is 0 Å². The molecule has 0 bridgehead atoms. The molecule has 0 heterocycles. The van der Waals surface area contributed by atoms with E-state index in [0.29, 0.717) is 0 Å². The summed E-state index contributed by atoms with van der Waals surface area (Å²) in [7, 11) is 0. The first-order valence-corrected chi connectivity index (χ1v) is 6.12. The molecule has 0 aliphatic heterocycles. The molecule has 0 aromatic heterocycles. The molecule has 0 aromatic rings. The van der Waals surface area contributed by atoms with Crippen LogP contribution < -0.4 is 0 Å². The Morgan fingerprint density at radius 2 is 1.85 bits per heavy atom. The first-order valence-electron chi connectivity index (χ1n) is 6.12. The monoisotopic (exact) mass is 180 g/mol. The topological polar surface area (TPSA) is 0 Å². The minimum atomic E-state index is 0.718. The third-order valence-electron chi connectivity index (χ3n) is 4.77. The fraction of sp³-hybridized carbons (Fsp3) is 1.00. The van der Waals surface area contributed by atoms with Crippen LogP contribution in [0.5, 0.6) is 0 Å². The molecule has 0 saturated heterocycles. The van der Waals surface area contributed by atoms with Crippen molar-refractivity contribution in [3.8, 4) is 0 Å². The molecular weight excluding hydrogens is 156 g/mol. The van der Waals surface area contributed by atoms with Crippen LogP contribution in [0.3, 0.4) is 0 Å². The first kappa shape index (κ1) is 9.55. The van der Waals surface area contributed by atoms with Gasteiger partial charge in [0.2, 0.25) is 0 Å². The van der Waals surface area contributed by atoms with Gasteiger partial charge in [0.15, 0.2) is 0 Å². The molecule has 13 heavy (non-hydrogen) atoms. The Balaban J connectivity index is 2.13. The van der Waals surface area contributed by atoms with Gasteiger partial charge in [0.05, 0.1) is 0 Å². The molecule has 0 radical (unpaired) electrons. The Labute approximate surface area is 83.1 Å². The predicted molar refractivity (Wildman–Crippen MR) is 57.6 cm³/mol. The van der Waals surface area contributed by atoms with E-state index in [4.69, 9.17) is 0 Å². The molecule has 0 amide bonds. The second kappa shape index (κ2) is 3.29. The Kier molecular flexibility index (Phi) is 2.42. The van der Waals surface area contributed by atoms with E-state index >= 15 is 0 Å². The maximum Gasteiger partial charge on any atom is -0.0292 e. The lowest BCUT2D eigenvalue weighted by Crippen LogP contribution is -2.40. The summed E-state index contributed by atoms with van der Waals surface area (Å²) in [5.41, 5.74) is 0.718. The normalized spacial score (nSPS) is 51.5. The summed E-state index contributed by atoms with van der Waals surface area (Å²) in [4.78, 5) is 0. The van der Waals surface area contributed by atoms with E-state index in [1.807, 2.05) is 0 Å². The van der Waals surface area contributed by atoms with Crippen molar-refractivity contribution in [1.82, 2.24) is 0 Å². The van der Waals surface area contributed by atoms with Gasteiger partial charge in [0.1, 0.15) is 0 Å². The number of hydrogen-bond donors (Lipinski definition) is 0. The lowest BCUT2D eigenvalue weighted by molar-refractivity contribution is 0.00257. The molecule has 2 saturated carbocycles. The lowest BCUT2D eigenvalue weighted by Gasteiger charge is -2.50. The Hall–Kier alpha value is 0. The zero-order valence-electron chi connectivity index (χ0n) is 9.47. The number of hydrogen-bond acceptors (Lipinski definition) is 0. The van der Waals surface area contributed by atoms with Gasteiger partial charge >= 0.3 is 0 Å². The molecule has 2 aliphatic rings. The van der Waals surface area contributed by atoms with Gasteiger partial charge in [-0.15, -0.1) is 0 Å². The predicted octanol–water partition coefficient (Wildman–Crippen LogP) is 4.25. The molecule has 0 aromatic carbocycles. The van der Waals surface area contributed by atoms with Crippen LogP contribution in [0.25, 0.3) is 0 Å². The fourth-order valence-corrected chi connectivity index (χ4v) is 4.15. The van der Waals surface area contributed by atoms with Gasteiger partial charge < -0.3 is 0 Å². The molecule has 4 unspecified atom stereocenters. The molecule has 4 atom stereocenters. The van der Waals surface area contributed by atoms with Crippen molar-refractivity contribution < 1.29 is 0 Å². The van der Waals surface area contributed by atoms with Crippen molar-refractivity contribution in [1.29, 1.82) is 0 Å². The van der Waals surface area contributed by atoms with Gasteiger partial charge in [-0.25, -0.2) is 0 Å². The molecule has 2 rings (SSSR count). The second-order valence-electron chi connectivity index (χ2n) is 6.02. The summed E-state index contributed by atoms with van der Waals surface area (Å²) in [6, 6.07) is 0. The van der Waals surface area contributed by atoms with Crippen molar-refractivity contribution in [2.24, 2.45) is 23.2 Å². The summed E-state index contributed by atoms with van der Waals surface area (Å²) in [5.74, 6) is 3.05. The van der Waals surface area contributed by atoms with Gasteiger partial charge in [-0.1, -0.05) is 40.0 Å². The summed E-state index contributed by atoms with van der Waals surface area (Å²) < 4.78 is 0. The zero-order valence-corrected chi connectivity index (χ0v) is 9.47. The molecule has 76 valence electrons. The van der Waals surface area contributed by atoms with Crippen LogP contribution in [-0.4, -0.2) is 0 Å². The molecule has 0 nitrogen and oxygen atoms in total. The van der Waals surface area contributed by atoms with Gasteiger partial charge in [0.25, 0.3) is 0 Å². The molecule has 2 fully saturated rings. The van der Waals surface area contributed by atoms with E-state index in [1.165, 1.54) is 38.5 Å². The van der Waals surface area contributed by atoms with Crippen LogP contribution in [0.4, 0.5) is 0 Å². The highest BCUT2D eigenvalue weighted by Gasteiger charge is 2.43. The molecule has 0 N–H and O–H groups in total. The van der Waals surface area contributed by atoms with Crippen LogP contribution in [0.2, 0.25) is 0 Å². The minimum Gasteiger partial charge on any atom is -0.0625 e. The maximum atomic E-state index is 2.56. The van der Waals surface area contributed by atoms with Crippen LogP contribution in [0.15, 0.2) is 0 Å². The van der Waals surface area contributed by atoms with E-state index in [-0.39, 0.29) is 0 Å². The Morgan fingerprint density at radius 1 is 1.08 bits per heavy atom. The molecule has 0 spiro atoms. The minimum absolute atomic E-state index is 0.718. The highest BCUT2D eigenvalue weighted by molar-refractivity contribution is 4.93. The van der Waals surface area contributed by atoms with Gasteiger partial charge in [-0.2, -0.15) is 0 Å². The highest BCUT2D eigenvalue weighted by atomic mass is 14.5. The smallest absolute Gasteiger partial charge is 0.0292 e. The first-order chi connectivity index (χ1) is 6.12. The Bertz CT molecular complexity index is 184. The average Bonchev–Trinajstić information content (AvgIpc) is 2.02. The van der Waals surface area contributed by atoms with Crippen molar-refractivity contribution in [3.63, 3.8) is 0 Å². The maximum absolute atomic E-state index is 2.56. The van der Waals surface area contributed by atoms with E-state index in [0.717, 1.165) is 23.2 Å². The number of fused-ring (bicyclic) bond motifs is 1. The second-order valence-corrected chi connectivity index (χ2v) is 6.02. The zero-order chi connectivity index (χ0) is 9.47. The van der Waals surface area contributed by atoms with Crippen LogP contribution >= 0.6 is 0 Å². The summed E-state index contributed by atoms with van der Waals surface area (Å²) in [6.07, 6.45) is 8.99. The standard InChI is InChI=1S/C13H24/c1-10-6-7-12-11(2)5-4-8-13(12,3)9-10/h10-12H,4-9H2,1-3H3. The number of rotatable bonds is 0. The van der Waals surface area contributed by atoms with E-state index in [2.05, 4.69) is 20.8 Å². The quantitative estimate of drug-likeness (QED) is 0.523. The van der Waals surface area contributed by atoms with Crippen molar-refractivity contribution >= 4 is 0 Å². The van der Waals surface area contributed by atoms with E-state index < -0.39 is 0 Å². The fourth-order valence-electron chi connectivity index (χ4n) is 4.15. The van der Waals surface area contributed by atoms with Crippen LogP contribution in [0.1, 0.15) is 59.3 Å². The van der Waals surface area contributed by atoms with Crippen LogP contribution in [-0.2, 0) is 0 Å².